The van der Waals surface area contributed by atoms with Crippen LogP contribution in [0.1, 0.15) is 11.1 Å². The molecule has 2 rings (SSSR count). The van der Waals surface area contributed by atoms with Crippen molar-refractivity contribution < 1.29 is 4.79 Å². The van der Waals surface area contributed by atoms with E-state index in [4.69, 9.17) is 0 Å². The van der Waals surface area contributed by atoms with Gasteiger partial charge in [-0.05, 0) is 23.6 Å². The molecule has 0 aliphatic rings. The van der Waals surface area contributed by atoms with Gasteiger partial charge in [-0.25, -0.2) is 0 Å². The van der Waals surface area contributed by atoms with E-state index in [0.29, 0.717) is 19.0 Å². The third kappa shape index (κ3) is 6.52. The number of hydrogen-bond donors (Lipinski definition) is 2. The van der Waals surface area contributed by atoms with E-state index in [1.165, 1.54) is 5.56 Å². The fraction of sp³-hybridized carbons (Fsp3) is 0.300. The highest BCUT2D eigenvalue weighted by Gasteiger charge is 2.10. The van der Waals surface area contributed by atoms with Gasteiger partial charge in [-0.1, -0.05) is 64.5 Å². The van der Waals surface area contributed by atoms with E-state index in [9.17, 15) is 4.79 Å². The molecule has 0 bridgehead atoms. The van der Waals surface area contributed by atoms with Crippen molar-refractivity contribution in [3.05, 3.63) is 70.2 Å². The summed E-state index contributed by atoms with van der Waals surface area (Å²) in [6, 6.07) is 18.2. The van der Waals surface area contributed by atoms with Crippen molar-refractivity contribution in [3.63, 3.8) is 0 Å². The fourth-order valence-corrected chi connectivity index (χ4v) is 2.96. The van der Waals surface area contributed by atoms with Crippen LogP contribution in [-0.2, 0) is 17.8 Å². The zero-order valence-electron chi connectivity index (χ0n) is 15.2. The van der Waals surface area contributed by atoms with Crippen LogP contribution in [0.4, 0.5) is 0 Å². The number of carbonyl (C=O) groups excluding carboxylic acids is 1. The minimum Gasteiger partial charge on any atom is -0.354 e. The maximum absolute atomic E-state index is 12.0. The smallest absolute Gasteiger partial charge is 0.239 e. The Morgan fingerprint density at radius 1 is 1.08 bits per heavy atom. The number of carbonyl (C=O) groups is 1. The SMILES string of the molecule is CN=C(NCC(=O)NCCc1ccccc1)N(C)Cc1ccccc1Br. The Morgan fingerprint density at radius 3 is 2.46 bits per heavy atom. The number of aliphatic imine (C=N–C) groups is 1. The van der Waals surface area contributed by atoms with Crippen molar-refractivity contribution in [3.8, 4) is 0 Å². The fourth-order valence-electron chi connectivity index (χ4n) is 2.55. The molecule has 0 radical (unpaired) electrons. The van der Waals surface area contributed by atoms with Gasteiger partial charge in [0.25, 0.3) is 0 Å². The molecular formula is C20H25BrN4O. The van der Waals surface area contributed by atoms with Crippen molar-refractivity contribution in [1.82, 2.24) is 15.5 Å². The van der Waals surface area contributed by atoms with Crippen molar-refractivity contribution in [2.75, 3.05) is 27.2 Å². The molecule has 6 heteroatoms. The molecule has 0 aliphatic carbocycles. The molecular weight excluding hydrogens is 392 g/mol. The van der Waals surface area contributed by atoms with Crippen molar-refractivity contribution in [2.24, 2.45) is 4.99 Å². The summed E-state index contributed by atoms with van der Waals surface area (Å²) in [5.74, 6) is 0.635. The Labute approximate surface area is 163 Å². The lowest BCUT2D eigenvalue weighted by Gasteiger charge is -2.22. The average molecular weight is 417 g/mol. The third-order valence-electron chi connectivity index (χ3n) is 3.92. The van der Waals surface area contributed by atoms with Gasteiger partial charge in [0.05, 0.1) is 6.54 Å². The van der Waals surface area contributed by atoms with Crippen molar-refractivity contribution in [2.45, 2.75) is 13.0 Å². The molecule has 138 valence electrons. The molecule has 0 atom stereocenters. The molecule has 0 spiro atoms. The lowest BCUT2D eigenvalue weighted by molar-refractivity contribution is -0.120. The molecule has 0 aliphatic heterocycles. The first kappa shape index (κ1) is 20.0. The van der Waals surface area contributed by atoms with E-state index >= 15 is 0 Å². The zero-order valence-corrected chi connectivity index (χ0v) is 16.8. The maximum atomic E-state index is 12.0. The molecule has 2 aromatic carbocycles. The van der Waals surface area contributed by atoms with E-state index in [1.54, 1.807) is 7.05 Å². The Morgan fingerprint density at radius 2 is 1.77 bits per heavy atom. The van der Waals surface area contributed by atoms with Crippen molar-refractivity contribution in [1.29, 1.82) is 0 Å². The molecule has 0 unspecified atom stereocenters. The van der Waals surface area contributed by atoms with Crippen LogP contribution < -0.4 is 10.6 Å². The lowest BCUT2D eigenvalue weighted by atomic mass is 10.1. The summed E-state index contributed by atoms with van der Waals surface area (Å²) in [4.78, 5) is 18.3. The second-order valence-electron chi connectivity index (χ2n) is 5.93. The molecule has 2 aromatic rings. The van der Waals surface area contributed by atoms with Crippen LogP contribution in [0.25, 0.3) is 0 Å². The quantitative estimate of drug-likeness (QED) is 0.538. The first-order valence-electron chi connectivity index (χ1n) is 8.56. The van der Waals surface area contributed by atoms with E-state index in [-0.39, 0.29) is 12.5 Å². The monoisotopic (exact) mass is 416 g/mol. The topological polar surface area (TPSA) is 56.7 Å². The minimum atomic E-state index is -0.0450. The van der Waals surface area contributed by atoms with Crippen LogP contribution in [0.5, 0.6) is 0 Å². The second kappa shape index (κ2) is 10.6. The molecule has 5 nitrogen and oxygen atoms in total. The lowest BCUT2D eigenvalue weighted by Crippen LogP contribution is -2.44. The predicted molar refractivity (Wildman–Crippen MR) is 110 cm³/mol. The summed E-state index contributed by atoms with van der Waals surface area (Å²) in [7, 11) is 3.66. The molecule has 0 saturated heterocycles. The van der Waals surface area contributed by atoms with Gasteiger partial charge in [-0.15, -0.1) is 0 Å². The van der Waals surface area contributed by atoms with Crippen LogP contribution in [-0.4, -0.2) is 44.0 Å². The summed E-state index contributed by atoms with van der Waals surface area (Å²) in [6.45, 7) is 1.51. The Balaban J connectivity index is 1.75. The number of amides is 1. The molecule has 0 saturated carbocycles. The van der Waals surface area contributed by atoms with Gasteiger partial charge in [0.1, 0.15) is 0 Å². The van der Waals surface area contributed by atoms with Gasteiger partial charge in [0, 0.05) is 31.7 Å². The first-order chi connectivity index (χ1) is 12.6. The summed E-state index contributed by atoms with van der Waals surface area (Å²) in [6.07, 6.45) is 0.823. The number of nitrogens with one attached hydrogen (secondary N) is 2. The Bertz CT molecular complexity index is 734. The molecule has 0 heterocycles. The summed E-state index contributed by atoms with van der Waals surface area (Å²) in [5, 5.41) is 6.03. The number of guanidine groups is 1. The normalized spacial score (nSPS) is 11.1. The molecule has 0 aromatic heterocycles. The Kier molecular flexibility index (Phi) is 8.15. The average Bonchev–Trinajstić information content (AvgIpc) is 2.65. The molecule has 2 N–H and O–H groups in total. The van der Waals surface area contributed by atoms with Gasteiger partial charge in [0.2, 0.25) is 5.91 Å². The molecule has 26 heavy (non-hydrogen) atoms. The second-order valence-corrected chi connectivity index (χ2v) is 6.79. The van der Waals surface area contributed by atoms with Crippen LogP contribution in [0, 0.1) is 0 Å². The van der Waals surface area contributed by atoms with E-state index in [1.807, 2.05) is 48.3 Å². The number of benzene rings is 2. The van der Waals surface area contributed by atoms with Gasteiger partial charge in [-0.3, -0.25) is 9.79 Å². The number of nitrogens with zero attached hydrogens (tertiary/aromatic N) is 2. The van der Waals surface area contributed by atoms with Crippen LogP contribution >= 0.6 is 15.9 Å². The first-order valence-corrected chi connectivity index (χ1v) is 9.35. The summed E-state index contributed by atoms with van der Waals surface area (Å²) < 4.78 is 1.06. The highest BCUT2D eigenvalue weighted by molar-refractivity contribution is 9.10. The Hall–Kier alpha value is -2.34. The zero-order chi connectivity index (χ0) is 18.8. The van der Waals surface area contributed by atoms with Gasteiger partial charge >= 0.3 is 0 Å². The van der Waals surface area contributed by atoms with E-state index in [0.717, 1.165) is 16.5 Å². The highest BCUT2D eigenvalue weighted by atomic mass is 79.9. The molecule has 0 fully saturated rings. The van der Waals surface area contributed by atoms with E-state index < -0.39 is 0 Å². The van der Waals surface area contributed by atoms with Crippen LogP contribution in [0.2, 0.25) is 0 Å². The van der Waals surface area contributed by atoms with Crippen LogP contribution in [0.3, 0.4) is 0 Å². The van der Waals surface area contributed by atoms with E-state index in [2.05, 4.69) is 49.8 Å². The number of hydrogen-bond acceptors (Lipinski definition) is 2. The largest absolute Gasteiger partial charge is 0.354 e. The summed E-state index contributed by atoms with van der Waals surface area (Å²) in [5.41, 5.74) is 2.37. The summed E-state index contributed by atoms with van der Waals surface area (Å²) >= 11 is 3.55. The van der Waals surface area contributed by atoms with Gasteiger partial charge in [-0.2, -0.15) is 0 Å². The maximum Gasteiger partial charge on any atom is 0.239 e. The number of halogens is 1. The van der Waals surface area contributed by atoms with Gasteiger partial charge < -0.3 is 15.5 Å². The molecule has 1 amide bonds. The highest BCUT2D eigenvalue weighted by Crippen LogP contribution is 2.17. The van der Waals surface area contributed by atoms with Crippen molar-refractivity contribution >= 4 is 27.8 Å². The third-order valence-corrected chi connectivity index (χ3v) is 4.70. The van der Waals surface area contributed by atoms with Crippen LogP contribution in [0.15, 0.2) is 64.1 Å². The number of rotatable bonds is 7. The minimum absolute atomic E-state index is 0.0450. The predicted octanol–water partition coefficient (Wildman–Crippen LogP) is 2.82. The van der Waals surface area contributed by atoms with Gasteiger partial charge in [0.15, 0.2) is 5.96 Å². The standard InChI is InChI=1S/C20H25BrN4O/c1-22-20(25(2)15-17-10-6-7-11-18(17)21)24-14-19(26)23-13-12-16-8-4-3-5-9-16/h3-11H,12-15H2,1-2H3,(H,22,24)(H,23,26).